The number of amides is 2. The van der Waals surface area contributed by atoms with E-state index < -0.39 is 0 Å². The zero-order chi connectivity index (χ0) is 18.4. The lowest BCUT2D eigenvalue weighted by Gasteiger charge is -2.31. The van der Waals surface area contributed by atoms with Gasteiger partial charge in [0, 0.05) is 25.7 Å². The molecule has 2 aromatic rings. The first-order valence-electron chi connectivity index (χ1n) is 8.95. The third-order valence-electron chi connectivity index (χ3n) is 4.61. The smallest absolute Gasteiger partial charge is 0.229 e. The summed E-state index contributed by atoms with van der Waals surface area (Å²) in [5.74, 6) is 0.602. The van der Waals surface area contributed by atoms with Crippen LogP contribution < -0.4 is 10.1 Å². The standard InChI is InChI=1S/C21H24N2O3/c1-16(24)23-13-5-8-18(14-23)21(25)22-19-9-11-20(12-10-19)26-15-17-6-3-2-4-7-17/h2-4,6-7,9-12,18H,5,8,13-15H2,1H3,(H,22,25)/t18-/m1/s1. The first-order valence-corrected chi connectivity index (χ1v) is 8.95. The lowest BCUT2D eigenvalue weighted by Crippen LogP contribution is -2.42. The maximum absolute atomic E-state index is 12.5. The molecule has 0 radical (unpaired) electrons. The SMILES string of the molecule is CC(=O)N1CCC[C@@H](C(=O)Nc2ccc(OCc3ccccc3)cc2)C1. The van der Waals surface area contributed by atoms with Crippen LogP contribution in [-0.2, 0) is 16.2 Å². The highest BCUT2D eigenvalue weighted by atomic mass is 16.5. The third kappa shape index (κ3) is 4.85. The molecule has 0 aliphatic carbocycles. The number of rotatable bonds is 5. The average molecular weight is 352 g/mol. The number of carbonyl (C=O) groups excluding carboxylic acids is 2. The molecule has 136 valence electrons. The van der Waals surface area contributed by atoms with Gasteiger partial charge in [0.25, 0.3) is 0 Å². The number of carbonyl (C=O) groups is 2. The minimum absolute atomic E-state index is 0.0300. The Morgan fingerprint density at radius 3 is 2.54 bits per heavy atom. The monoisotopic (exact) mass is 352 g/mol. The molecule has 1 fully saturated rings. The molecular formula is C21H24N2O3. The van der Waals surface area contributed by atoms with E-state index in [4.69, 9.17) is 4.74 Å². The summed E-state index contributed by atoms with van der Waals surface area (Å²) in [5, 5.41) is 2.94. The van der Waals surface area contributed by atoms with Crippen molar-refractivity contribution >= 4 is 17.5 Å². The number of piperidine rings is 1. The summed E-state index contributed by atoms with van der Waals surface area (Å²) in [6, 6.07) is 17.3. The predicted molar refractivity (Wildman–Crippen MR) is 101 cm³/mol. The molecule has 0 spiro atoms. The molecule has 1 aliphatic heterocycles. The molecule has 0 saturated carbocycles. The highest BCUT2D eigenvalue weighted by molar-refractivity contribution is 5.93. The van der Waals surface area contributed by atoms with Gasteiger partial charge in [-0.2, -0.15) is 0 Å². The van der Waals surface area contributed by atoms with Gasteiger partial charge >= 0.3 is 0 Å². The summed E-state index contributed by atoms with van der Waals surface area (Å²) < 4.78 is 5.75. The van der Waals surface area contributed by atoms with Crippen LogP contribution >= 0.6 is 0 Å². The number of ether oxygens (including phenoxy) is 1. The molecule has 0 bridgehead atoms. The third-order valence-corrected chi connectivity index (χ3v) is 4.61. The van der Waals surface area contributed by atoms with Crippen molar-refractivity contribution in [3.8, 4) is 5.75 Å². The van der Waals surface area contributed by atoms with E-state index in [-0.39, 0.29) is 17.7 Å². The minimum atomic E-state index is -0.151. The van der Waals surface area contributed by atoms with Gasteiger partial charge in [0.05, 0.1) is 5.92 Å². The van der Waals surface area contributed by atoms with Crippen LogP contribution in [0.2, 0.25) is 0 Å². The van der Waals surface area contributed by atoms with Gasteiger partial charge in [0.15, 0.2) is 0 Å². The van der Waals surface area contributed by atoms with E-state index in [0.29, 0.717) is 13.2 Å². The van der Waals surface area contributed by atoms with Gasteiger partial charge in [-0.15, -0.1) is 0 Å². The van der Waals surface area contributed by atoms with E-state index in [1.165, 1.54) is 0 Å². The van der Waals surface area contributed by atoms with Gasteiger partial charge in [-0.3, -0.25) is 9.59 Å². The molecule has 1 atom stereocenters. The number of nitrogens with zero attached hydrogens (tertiary/aromatic N) is 1. The molecule has 2 aromatic carbocycles. The van der Waals surface area contributed by atoms with Crippen molar-refractivity contribution in [2.45, 2.75) is 26.4 Å². The van der Waals surface area contributed by atoms with Gasteiger partial charge in [0.1, 0.15) is 12.4 Å². The lowest BCUT2D eigenvalue weighted by atomic mass is 9.97. The Morgan fingerprint density at radius 2 is 1.85 bits per heavy atom. The van der Waals surface area contributed by atoms with Crippen molar-refractivity contribution in [1.29, 1.82) is 0 Å². The van der Waals surface area contributed by atoms with E-state index in [2.05, 4.69) is 5.32 Å². The molecule has 0 unspecified atom stereocenters. The van der Waals surface area contributed by atoms with Gasteiger partial charge < -0.3 is 15.0 Å². The Hall–Kier alpha value is -2.82. The van der Waals surface area contributed by atoms with Crippen LogP contribution in [0.15, 0.2) is 54.6 Å². The van der Waals surface area contributed by atoms with E-state index in [1.54, 1.807) is 11.8 Å². The molecule has 1 aliphatic rings. The number of likely N-dealkylation sites (tertiary alicyclic amines) is 1. The molecule has 5 nitrogen and oxygen atoms in total. The zero-order valence-corrected chi connectivity index (χ0v) is 15.0. The molecule has 0 aromatic heterocycles. The Bertz CT molecular complexity index is 744. The molecule has 5 heteroatoms. The van der Waals surface area contributed by atoms with E-state index in [9.17, 15) is 9.59 Å². The van der Waals surface area contributed by atoms with Crippen molar-refractivity contribution in [3.63, 3.8) is 0 Å². The second-order valence-electron chi connectivity index (χ2n) is 6.59. The maximum Gasteiger partial charge on any atom is 0.229 e. The normalized spacial score (nSPS) is 16.8. The van der Waals surface area contributed by atoms with Gasteiger partial charge in [-0.25, -0.2) is 0 Å². The molecule has 26 heavy (non-hydrogen) atoms. The van der Waals surface area contributed by atoms with Crippen LogP contribution in [0.3, 0.4) is 0 Å². The van der Waals surface area contributed by atoms with Gasteiger partial charge in [-0.05, 0) is 42.7 Å². The van der Waals surface area contributed by atoms with Gasteiger partial charge in [-0.1, -0.05) is 30.3 Å². The number of benzene rings is 2. The summed E-state index contributed by atoms with van der Waals surface area (Å²) in [5.41, 5.74) is 1.85. The number of hydrogen-bond acceptors (Lipinski definition) is 3. The fraction of sp³-hybridized carbons (Fsp3) is 0.333. The molecule has 1 N–H and O–H groups in total. The molecular weight excluding hydrogens is 328 g/mol. The summed E-state index contributed by atoms with van der Waals surface area (Å²) >= 11 is 0. The first-order chi connectivity index (χ1) is 12.6. The highest BCUT2D eigenvalue weighted by Gasteiger charge is 2.26. The van der Waals surface area contributed by atoms with Crippen LogP contribution in [-0.4, -0.2) is 29.8 Å². The van der Waals surface area contributed by atoms with Crippen molar-refractivity contribution in [2.24, 2.45) is 5.92 Å². The topological polar surface area (TPSA) is 58.6 Å². The van der Waals surface area contributed by atoms with E-state index in [0.717, 1.165) is 36.4 Å². The quantitative estimate of drug-likeness (QED) is 0.896. The Labute approximate surface area is 154 Å². The fourth-order valence-corrected chi connectivity index (χ4v) is 3.10. The maximum atomic E-state index is 12.5. The van der Waals surface area contributed by atoms with Crippen molar-refractivity contribution in [2.75, 3.05) is 18.4 Å². The molecule has 1 saturated heterocycles. The lowest BCUT2D eigenvalue weighted by molar-refractivity contribution is -0.132. The largest absolute Gasteiger partial charge is 0.489 e. The van der Waals surface area contributed by atoms with Crippen LogP contribution in [0.5, 0.6) is 5.75 Å². The second kappa shape index (κ2) is 8.52. The van der Waals surface area contributed by atoms with Crippen LogP contribution in [0.1, 0.15) is 25.3 Å². The van der Waals surface area contributed by atoms with Crippen molar-refractivity contribution < 1.29 is 14.3 Å². The number of nitrogens with one attached hydrogen (secondary N) is 1. The highest BCUT2D eigenvalue weighted by Crippen LogP contribution is 2.21. The van der Waals surface area contributed by atoms with Crippen molar-refractivity contribution in [1.82, 2.24) is 4.90 Å². The Balaban J connectivity index is 1.52. The van der Waals surface area contributed by atoms with Gasteiger partial charge in [0.2, 0.25) is 11.8 Å². The Kier molecular flexibility index (Phi) is 5.89. The number of hydrogen-bond donors (Lipinski definition) is 1. The van der Waals surface area contributed by atoms with Crippen LogP contribution in [0, 0.1) is 5.92 Å². The first kappa shape index (κ1) is 18.0. The van der Waals surface area contributed by atoms with Crippen molar-refractivity contribution in [3.05, 3.63) is 60.2 Å². The predicted octanol–water partition coefficient (Wildman–Crippen LogP) is 3.46. The summed E-state index contributed by atoms with van der Waals surface area (Å²) in [7, 11) is 0. The molecule has 3 rings (SSSR count). The Morgan fingerprint density at radius 1 is 1.12 bits per heavy atom. The van der Waals surface area contributed by atoms with E-state index in [1.807, 2.05) is 54.6 Å². The van der Waals surface area contributed by atoms with Crippen LogP contribution in [0.4, 0.5) is 5.69 Å². The summed E-state index contributed by atoms with van der Waals surface area (Å²) in [6.45, 7) is 3.30. The number of anilines is 1. The fourth-order valence-electron chi connectivity index (χ4n) is 3.10. The van der Waals surface area contributed by atoms with E-state index >= 15 is 0 Å². The molecule has 2 amide bonds. The molecule has 1 heterocycles. The zero-order valence-electron chi connectivity index (χ0n) is 15.0. The second-order valence-corrected chi connectivity index (χ2v) is 6.59. The summed E-state index contributed by atoms with van der Waals surface area (Å²) in [4.78, 5) is 25.7. The minimum Gasteiger partial charge on any atom is -0.489 e. The summed E-state index contributed by atoms with van der Waals surface area (Å²) in [6.07, 6.45) is 1.68. The van der Waals surface area contributed by atoms with Crippen LogP contribution in [0.25, 0.3) is 0 Å². The average Bonchev–Trinajstić information content (AvgIpc) is 2.68.